The van der Waals surface area contributed by atoms with Crippen molar-refractivity contribution in [3.63, 3.8) is 0 Å². The highest BCUT2D eigenvalue weighted by atomic mass is 35.5. The van der Waals surface area contributed by atoms with Gasteiger partial charge in [-0.25, -0.2) is 13.4 Å². The molecule has 1 aromatic heterocycles. The Morgan fingerprint density at radius 3 is 2.52 bits per heavy atom. The van der Waals surface area contributed by atoms with Gasteiger partial charge in [0.2, 0.25) is 0 Å². The fraction of sp³-hybridized carbons (Fsp3) is 0.214. The lowest BCUT2D eigenvalue weighted by molar-refractivity contribution is 0.125. The number of ether oxygens (including phenoxy) is 1. The number of hydrogen-bond donors (Lipinski definition) is 1. The van der Waals surface area contributed by atoms with E-state index in [-0.39, 0.29) is 11.6 Å². The summed E-state index contributed by atoms with van der Waals surface area (Å²) >= 11 is 5.74. The summed E-state index contributed by atoms with van der Waals surface area (Å²) in [5.41, 5.74) is 0. The Kier molecular flexibility index (Phi) is 5.17. The van der Waals surface area contributed by atoms with Crippen LogP contribution in [0.3, 0.4) is 0 Å². The van der Waals surface area contributed by atoms with E-state index in [1.165, 1.54) is 12.3 Å². The van der Waals surface area contributed by atoms with Crippen LogP contribution in [-0.4, -0.2) is 37.0 Å². The van der Waals surface area contributed by atoms with Crippen LogP contribution in [-0.2, 0) is 9.84 Å². The Hall–Kier alpha value is -1.63. The Morgan fingerprint density at radius 1 is 1.19 bits per heavy atom. The Bertz CT molecular complexity index is 674. The van der Waals surface area contributed by atoms with Gasteiger partial charge in [-0.2, -0.15) is 0 Å². The van der Waals surface area contributed by atoms with E-state index in [0.29, 0.717) is 10.8 Å². The normalized spacial score (nSPS) is 12.9. The largest absolute Gasteiger partial charge is 0.491 e. The number of hydrogen-bond acceptors (Lipinski definition) is 5. The Balaban J connectivity index is 1.92. The number of halogens is 1. The number of aliphatic hydroxyl groups is 1. The third kappa shape index (κ3) is 4.70. The van der Waals surface area contributed by atoms with Gasteiger partial charge in [0, 0.05) is 11.2 Å². The maximum absolute atomic E-state index is 12.0. The highest BCUT2D eigenvalue weighted by molar-refractivity contribution is 7.91. The van der Waals surface area contributed by atoms with Crippen molar-refractivity contribution >= 4 is 21.4 Å². The molecule has 0 aliphatic heterocycles. The zero-order valence-electron chi connectivity index (χ0n) is 11.0. The molecule has 21 heavy (non-hydrogen) atoms. The molecule has 0 amide bonds. The molecule has 0 bridgehead atoms. The number of sulfone groups is 1. The summed E-state index contributed by atoms with van der Waals surface area (Å²) in [5, 5.41) is 10.3. The standard InChI is InChI=1S/C14H14ClNO4S/c15-11-4-6-13(7-5-11)20-9-12(17)10-21(18,19)14-3-1-2-8-16-14/h1-8,12,17H,9-10H2. The maximum atomic E-state index is 12.0. The summed E-state index contributed by atoms with van der Waals surface area (Å²) in [5.74, 6) is 0.0612. The first kappa shape index (κ1) is 15.8. The molecule has 0 saturated heterocycles. The minimum absolute atomic E-state index is 0.0597. The Morgan fingerprint density at radius 2 is 1.90 bits per heavy atom. The molecule has 2 aromatic rings. The number of pyridine rings is 1. The van der Waals surface area contributed by atoms with Crippen molar-refractivity contribution < 1.29 is 18.3 Å². The average Bonchev–Trinajstić information content (AvgIpc) is 2.47. The van der Waals surface area contributed by atoms with Crippen LogP contribution >= 0.6 is 11.6 Å². The molecule has 7 heteroatoms. The van der Waals surface area contributed by atoms with Crippen molar-refractivity contribution in [3.8, 4) is 5.75 Å². The van der Waals surface area contributed by atoms with E-state index in [2.05, 4.69) is 4.98 Å². The molecule has 5 nitrogen and oxygen atoms in total. The second kappa shape index (κ2) is 6.89. The van der Waals surface area contributed by atoms with Crippen molar-refractivity contribution in [2.45, 2.75) is 11.1 Å². The first-order valence-corrected chi connectivity index (χ1v) is 8.20. The molecule has 0 spiro atoms. The van der Waals surface area contributed by atoms with Crippen LogP contribution in [0.5, 0.6) is 5.75 Å². The molecular weight excluding hydrogens is 314 g/mol. The van der Waals surface area contributed by atoms with Crippen LogP contribution in [0.1, 0.15) is 0 Å². The molecule has 1 N–H and O–H groups in total. The van der Waals surface area contributed by atoms with Gasteiger partial charge in [-0.3, -0.25) is 0 Å². The van der Waals surface area contributed by atoms with Crippen LogP contribution in [0.4, 0.5) is 0 Å². The molecule has 0 aliphatic carbocycles. The minimum Gasteiger partial charge on any atom is -0.491 e. The van der Waals surface area contributed by atoms with Gasteiger partial charge >= 0.3 is 0 Å². The number of benzene rings is 1. The van der Waals surface area contributed by atoms with Crippen molar-refractivity contribution in [1.29, 1.82) is 0 Å². The fourth-order valence-electron chi connectivity index (χ4n) is 1.64. The highest BCUT2D eigenvalue weighted by Crippen LogP contribution is 2.16. The summed E-state index contributed by atoms with van der Waals surface area (Å²) in [6, 6.07) is 11.2. The van der Waals surface area contributed by atoms with E-state index < -0.39 is 21.7 Å². The first-order chi connectivity index (χ1) is 9.97. The summed E-state index contributed by atoms with van der Waals surface area (Å²) in [6.45, 7) is -0.131. The van der Waals surface area contributed by atoms with Gasteiger partial charge in [0.1, 0.15) is 18.5 Å². The Labute approximate surface area is 128 Å². The van der Waals surface area contributed by atoms with Crippen molar-refractivity contribution in [2.24, 2.45) is 0 Å². The lowest BCUT2D eigenvalue weighted by Crippen LogP contribution is -2.27. The molecule has 1 aromatic carbocycles. The smallest absolute Gasteiger partial charge is 0.198 e. The summed E-state index contributed by atoms with van der Waals surface area (Å²) < 4.78 is 29.3. The highest BCUT2D eigenvalue weighted by Gasteiger charge is 2.21. The monoisotopic (exact) mass is 327 g/mol. The predicted octanol–water partition coefficient (Wildman–Crippen LogP) is 1.95. The van der Waals surface area contributed by atoms with E-state index in [4.69, 9.17) is 16.3 Å². The third-order valence-corrected chi connectivity index (χ3v) is 4.58. The quantitative estimate of drug-likeness (QED) is 0.877. The molecule has 2 rings (SSSR count). The van der Waals surface area contributed by atoms with Gasteiger partial charge in [0.25, 0.3) is 0 Å². The second-order valence-electron chi connectivity index (χ2n) is 4.37. The van der Waals surface area contributed by atoms with Crippen molar-refractivity contribution in [1.82, 2.24) is 4.98 Å². The van der Waals surface area contributed by atoms with Crippen LogP contribution in [0.15, 0.2) is 53.7 Å². The van der Waals surface area contributed by atoms with Gasteiger partial charge in [-0.05, 0) is 36.4 Å². The van der Waals surface area contributed by atoms with Gasteiger partial charge in [-0.1, -0.05) is 17.7 Å². The molecule has 0 fully saturated rings. The first-order valence-electron chi connectivity index (χ1n) is 6.17. The third-order valence-electron chi connectivity index (χ3n) is 2.62. The van der Waals surface area contributed by atoms with Gasteiger partial charge < -0.3 is 9.84 Å². The van der Waals surface area contributed by atoms with E-state index >= 15 is 0 Å². The molecule has 1 atom stereocenters. The van der Waals surface area contributed by atoms with Crippen LogP contribution in [0.2, 0.25) is 5.02 Å². The van der Waals surface area contributed by atoms with E-state index in [1.54, 1.807) is 36.4 Å². The van der Waals surface area contributed by atoms with Gasteiger partial charge in [0.15, 0.2) is 14.9 Å². The zero-order valence-corrected chi connectivity index (χ0v) is 12.6. The van der Waals surface area contributed by atoms with Crippen molar-refractivity contribution in [3.05, 3.63) is 53.7 Å². The molecule has 1 unspecified atom stereocenters. The SMILES string of the molecule is O=S(=O)(CC(O)COc1ccc(Cl)cc1)c1ccccn1. The number of aromatic nitrogens is 1. The van der Waals surface area contributed by atoms with E-state index in [9.17, 15) is 13.5 Å². The number of rotatable bonds is 6. The molecule has 112 valence electrons. The van der Waals surface area contributed by atoms with E-state index in [1.807, 2.05) is 0 Å². The van der Waals surface area contributed by atoms with Crippen LogP contribution in [0.25, 0.3) is 0 Å². The molecule has 0 radical (unpaired) electrons. The second-order valence-corrected chi connectivity index (χ2v) is 6.79. The fourth-order valence-corrected chi connectivity index (χ4v) is 3.05. The summed E-state index contributed by atoms with van der Waals surface area (Å²) in [6.07, 6.45) is 0.247. The topological polar surface area (TPSA) is 76.5 Å². The molecule has 1 heterocycles. The number of aliphatic hydroxyl groups excluding tert-OH is 1. The summed E-state index contributed by atoms with van der Waals surface area (Å²) in [4.78, 5) is 3.78. The zero-order chi connectivity index (χ0) is 15.3. The lowest BCUT2D eigenvalue weighted by atomic mass is 10.3. The van der Waals surface area contributed by atoms with Crippen LogP contribution < -0.4 is 4.74 Å². The maximum Gasteiger partial charge on any atom is 0.198 e. The predicted molar refractivity (Wildman–Crippen MR) is 79.2 cm³/mol. The van der Waals surface area contributed by atoms with Gasteiger partial charge in [-0.15, -0.1) is 0 Å². The number of nitrogens with zero attached hydrogens (tertiary/aromatic N) is 1. The van der Waals surface area contributed by atoms with Crippen LogP contribution in [0, 0.1) is 0 Å². The molecule has 0 saturated carbocycles. The molecule has 0 aliphatic rings. The minimum atomic E-state index is -3.63. The molecular formula is C14H14ClNO4S. The van der Waals surface area contributed by atoms with Crippen molar-refractivity contribution in [2.75, 3.05) is 12.4 Å². The lowest BCUT2D eigenvalue weighted by Gasteiger charge is -2.12. The van der Waals surface area contributed by atoms with E-state index in [0.717, 1.165) is 0 Å². The summed E-state index contributed by atoms with van der Waals surface area (Å²) in [7, 11) is -3.63. The average molecular weight is 328 g/mol. The van der Waals surface area contributed by atoms with Gasteiger partial charge in [0.05, 0.1) is 5.75 Å².